The molecular formula is C22H28N4O. The number of para-hydroxylation sites is 1. The number of amides is 1. The molecule has 0 bridgehead atoms. The van der Waals surface area contributed by atoms with Crippen LogP contribution in [0.2, 0.25) is 0 Å². The van der Waals surface area contributed by atoms with Gasteiger partial charge in [-0.15, -0.1) is 0 Å². The summed E-state index contributed by atoms with van der Waals surface area (Å²) in [7, 11) is 0. The van der Waals surface area contributed by atoms with Crippen LogP contribution in [0.1, 0.15) is 30.1 Å². The molecule has 4 rings (SSSR count). The fourth-order valence-corrected chi connectivity index (χ4v) is 4.09. The van der Waals surface area contributed by atoms with Gasteiger partial charge in [0.25, 0.3) is 5.91 Å². The highest BCUT2D eigenvalue weighted by Gasteiger charge is 2.23. The first kappa shape index (κ1) is 17.8. The molecule has 1 aromatic heterocycles. The van der Waals surface area contributed by atoms with Crippen molar-refractivity contribution in [3.05, 3.63) is 54.2 Å². The van der Waals surface area contributed by atoms with E-state index < -0.39 is 0 Å². The first-order valence-electron chi connectivity index (χ1n) is 10.0. The van der Waals surface area contributed by atoms with Crippen molar-refractivity contribution in [3.8, 4) is 0 Å². The summed E-state index contributed by atoms with van der Waals surface area (Å²) in [5, 5.41) is 0. The van der Waals surface area contributed by atoms with Crippen molar-refractivity contribution in [3.63, 3.8) is 0 Å². The first-order valence-corrected chi connectivity index (χ1v) is 10.0. The van der Waals surface area contributed by atoms with Crippen molar-refractivity contribution in [2.75, 3.05) is 49.1 Å². The number of aromatic nitrogens is 1. The average Bonchev–Trinajstić information content (AvgIpc) is 2.74. The number of pyridine rings is 1. The number of hydrogen-bond donors (Lipinski definition) is 0. The summed E-state index contributed by atoms with van der Waals surface area (Å²) < 4.78 is 0. The van der Waals surface area contributed by atoms with Gasteiger partial charge in [0.05, 0.1) is 5.56 Å². The number of rotatable bonds is 3. The van der Waals surface area contributed by atoms with Crippen LogP contribution in [0.25, 0.3) is 0 Å². The van der Waals surface area contributed by atoms with Crippen LogP contribution >= 0.6 is 0 Å². The van der Waals surface area contributed by atoms with Crippen LogP contribution < -0.4 is 9.80 Å². The van der Waals surface area contributed by atoms with Crippen LogP contribution in [0.15, 0.2) is 48.7 Å². The molecule has 2 aliphatic rings. The molecule has 1 amide bonds. The van der Waals surface area contributed by atoms with E-state index >= 15 is 0 Å². The van der Waals surface area contributed by atoms with E-state index in [1.807, 2.05) is 17.0 Å². The van der Waals surface area contributed by atoms with Gasteiger partial charge >= 0.3 is 0 Å². The van der Waals surface area contributed by atoms with Crippen molar-refractivity contribution >= 4 is 17.4 Å². The Labute approximate surface area is 161 Å². The van der Waals surface area contributed by atoms with Gasteiger partial charge in [-0.3, -0.25) is 4.79 Å². The zero-order valence-electron chi connectivity index (χ0n) is 16.1. The minimum Gasteiger partial charge on any atom is -0.368 e. The minimum atomic E-state index is 0.120. The molecule has 2 saturated heterocycles. The predicted octanol–water partition coefficient (Wildman–Crippen LogP) is 3.28. The third kappa shape index (κ3) is 4.07. The molecule has 0 saturated carbocycles. The summed E-state index contributed by atoms with van der Waals surface area (Å²) in [5.41, 5.74) is 1.98. The quantitative estimate of drug-likeness (QED) is 0.838. The maximum atomic E-state index is 12.7. The van der Waals surface area contributed by atoms with Crippen LogP contribution in [0.5, 0.6) is 0 Å². The molecule has 27 heavy (non-hydrogen) atoms. The van der Waals surface area contributed by atoms with Crippen molar-refractivity contribution in [1.29, 1.82) is 0 Å². The summed E-state index contributed by atoms with van der Waals surface area (Å²) in [6.45, 7) is 7.80. The molecule has 2 aromatic rings. The van der Waals surface area contributed by atoms with Crippen LogP contribution in [0.3, 0.4) is 0 Å². The van der Waals surface area contributed by atoms with Crippen LogP contribution in [-0.4, -0.2) is 55.1 Å². The lowest BCUT2D eigenvalue weighted by atomic mass is 10.00. The zero-order chi connectivity index (χ0) is 18.6. The molecule has 2 aliphatic heterocycles. The molecular weight excluding hydrogens is 336 g/mol. The average molecular weight is 364 g/mol. The smallest absolute Gasteiger partial charge is 0.255 e. The monoisotopic (exact) mass is 364 g/mol. The Morgan fingerprint density at radius 2 is 1.70 bits per heavy atom. The second kappa shape index (κ2) is 7.99. The minimum absolute atomic E-state index is 0.120. The molecule has 142 valence electrons. The Hall–Kier alpha value is -2.56. The van der Waals surface area contributed by atoms with Crippen molar-refractivity contribution in [2.24, 2.45) is 5.92 Å². The fourth-order valence-electron chi connectivity index (χ4n) is 4.09. The molecule has 3 heterocycles. The van der Waals surface area contributed by atoms with E-state index in [0.717, 1.165) is 51.5 Å². The van der Waals surface area contributed by atoms with Gasteiger partial charge in [0, 0.05) is 51.2 Å². The van der Waals surface area contributed by atoms with Gasteiger partial charge in [0.2, 0.25) is 0 Å². The Morgan fingerprint density at radius 3 is 2.37 bits per heavy atom. The highest BCUT2D eigenvalue weighted by Crippen LogP contribution is 2.21. The molecule has 0 aliphatic carbocycles. The molecule has 1 atom stereocenters. The molecule has 1 aromatic carbocycles. The van der Waals surface area contributed by atoms with Crippen molar-refractivity contribution < 1.29 is 4.79 Å². The van der Waals surface area contributed by atoms with Gasteiger partial charge in [0.1, 0.15) is 5.82 Å². The number of likely N-dealkylation sites (tertiary alicyclic amines) is 1. The normalized spacial score (nSPS) is 20.6. The number of hydrogen-bond acceptors (Lipinski definition) is 4. The fraction of sp³-hybridized carbons (Fsp3) is 0.455. The van der Waals surface area contributed by atoms with Gasteiger partial charge < -0.3 is 14.7 Å². The topological polar surface area (TPSA) is 39.7 Å². The van der Waals surface area contributed by atoms with Gasteiger partial charge in [-0.1, -0.05) is 25.1 Å². The Kier molecular flexibility index (Phi) is 5.28. The lowest BCUT2D eigenvalue weighted by molar-refractivity contribution is 0.0682. The summed E-state index contributed by atoms with van der Waals surface area (Å²) >= 11 is 0. The van der Waals surface area contributed by atoms with Gasteiger partial charge in [-0.2, -0.15) is 0 Å². The molecule has 2 fully saturated rings. The standard InChI is InChI=1S/C22H28N4O/c1-18-6-5-11-26(17-18)22(27)19-9-10-21(23-16-19)25-14-12-24(13-15-25)20-7-3-2-4-8-20/h2-4,7-10,16,18H,5-6,11-15,17H2,1H3. The lowest BCUT2D eigenvalue weighted by Crippen LogP contribution is -2.46. The van der Waals surface area contributed by atoms with Crippen molar-refractivity contribution in [2.45, 2.75) is 19.8 Å². The van der Waals surface area contributed by atoms with Gasteiger partial charge in [0.15, 0.2) is 0 Å². The number of nitrogens with zero attached hydrogens (tertiary/aromatic N) is 4. The molecule has 1 unspecified atom stereocenters. The van der Waals surface area contributed by atoms with E-state index in [1.54, 1.807) is 6.20 Å². The predicted molar refractivity (Wildman–Crippen MR) is 109 cm³/mol. The Bertz CT molecular complexity index is 754. The highest BCUT2D eigenvalue weighted by atomic mass is 16.2. The zero-order valence-corrected chi connectivity index (χ0v) is 16.1. The third-order valence-electron chi connectivity index (χ3n) is 5.66. The molecule has 0 spiro atoms. The van der Waals surface area contributed by atoms with E-state index in [4.69, 9.17) is 0 Å². The maximum Gasteiger partial charge on any atom is 0.255 e. The van der Waals surface area contributed by atoms with E-state index in [0.29, 0.717) is 11.5 Å². The van der Waals surface area contributed by atoms with Crippen LogP contribution in [-0.2, 0) is 0 Å². The summed E-state index contributed by atoms with van der Waals surface area (Å²) in [4.78, 5) is 24.0. The lowest BCUT2D eigenvalue weighted by Gasteiger charge is -2.36. The number of anilines is 2. The Morgan fingerprint density at radius 1 is 0.963 bits per heavy atom. The number of carbonyl (C=O) groups is 1. The van der Waals surface area contributed by atoms with Crippen molar-refractivity contribution in [1.82, 2.24) is 9.88 Å². The summed E-state index contributed by atoms with van der Waals surface area (Å²) in [6.07, 6.45) is 4.07. The molecule has 5 nitrogen and oxygen atoms in total. The molecule has 0 N–H and O–H groups in total. The number of benzene rings is 1. The number of piperazine rings is 1. The van der Waals surface area contributed by atoms with E-state index in [1.165, 1.54) is 12.1 Å². The molecule has 5 heteroatoms. The Balaban J connectivity index is 1.36. The highest BCUT2D eigenvalue weighted by molar-refractivity contribution is 5.94. The second-order valence-corrected chi connectivity index (χ2v) is 7.71. The maximum absolute atomic E-state index is 12.7. The van der Waals surface area contributed by atoms with E-state index in [2.05, 4.69) is 52.0 Å². The number of carbonyl (C=O) groups excluding carboxylic acids is 1. The SMILES string of the molecule is CC1CCCN(C(=O)c2ccc(N3CCN(c4ccccc4)CC3)nc2)C1. The van der Waals surface area contributed by atoms with Gasteiger partial charge in [-0.25, -0.2) is 4.98 Å². The second-order valence-electron chi connectivity index (χ2n) is 7.71. The van der Waals surface area contributed by atoms with Gasteiger partial charge in [-0.05, 0) is 43.0 Å². The molecule has 0 radical (unpaired) electrons. The third-order valence-corrected chi connectivity index (χ3v) is 5.66. The summed E-state index contributed by atoms with van der Waals surface area (Å²) in [6, 6.07) is 14.5. The summed E-state index contributed by atoms with van der Waals surface area (Å²) in [5.74, 6) is 1.68. The van der Waals surface area contributed by atoms with E-state index in [-0.39, 0.29) is 5.91 Å². The van der Waals surface area contributed by atoms with Crippen LogP contribution in [0, 0.1) is 5.92 Å². The van der Waals surface area contributed by atoms with Crippen LogP contribution in [0.4, 0.5) is 11.5 Å². The largest absolute Gasteiger partial charge is 0.368 e. The van der Waals surface area contributed by atoms with E-state index in [9.17, 15) is 4.79 Å². The first-order chi connectivity index (χ1) is 13.2. The number of piperidine rings is 1.